The third-order valence-electron chi connectivity index (χ3n) is 0. The largest absolute Gasteiger partial charge is 3.00 e. The molecule has 0 aliphatic rings. The molecule has 0 atom stereocenters. The van der Waals surface area contributed by atoms with E-state index in [1.165, 1.54) is 0 Å². The molecule has 0 aromatic heterocycles. The Morgan fingerprint density at radius 1 is 0.889 bits per heavy atom. The standard InChI is InChI=1S/Cr.H2O4S.3H2O/c;1-5(2,3)4;;;/h;(H2,1,2,3,4);3*1H2/q+3;;;;/p-3. The van der Waals surface area contributed by atoms with Gasteiger partial charge in [0.15, 0.2) is 0 Å². The van der Waals surface area contributed by atoms with Crippen LogP contribution in [0, 0.1) is 0 Å². The van der Waals surface area contributed by atoms with E-state index in [-0.39, 0.29) is 33.8 Å². The van der Waals surface area contributed by atoms with Crippen molar-refractivity contribution in [3.05, 3.63) is 0 Å². The van der Waals surface area contributed by atoms with Gasteiger partial charge in [0.05, 0.1) is 0 Å². The van der Waals surface area contributed by atoms with Gasteiger partial charge in [-0.2, -0.15) is 8.42 Å². The van der Waals surface area contributed by atoms with Crippen LogP contribution < -0.4 is 0 Å². The van der Waals surface area contributed by atoms with Gasteiger partial charge >= 0.3 is 27.8 Å². The fourth-order valence-corrected chi connectivity index (χ4v) is 0. The van der Waals surface area contributed by atoms with Gasteiger partial charge in [-0.3, -0.25) is 9.11 Å². The first kappa shape index (κ1) is 34.7. The first-order chi connectivity index (χ1) is 2.00. The molecular formula is H5CrO7S. The Labute approximate surface area is 62.3 Å². The van der Waals surface area contributed by atoms with E-state index in [9.17, 15) is 0 Å². The first-order valence-corrected chi connectivity index (χ1v) is 2.10. The molecule has 59 valence electrons. The molecule has 0 saturated carbocycles. The van der Waals surface area contributed by atoms with E-state index in [2.05, 4.69) is 0 Å². The van der Waals surface area contributed by atoms with Crippen LogP contribution >= 0.6 is 0 Å². The minimum absolute atomic E-state index is 0. The van der Waals surface area contributed by atoms with Crippen molar-refractivity contribution in [2.75, 3.05) is 0 Å². The summed E-state index contributed by atoms with van der Waals surface area (Å²) in [5, 5.41) is 0. The zero-order valence-corrected chi connectivity index (χ0v) is 5.96. The third-order valence-corrected chi connectivity index (χ3v) is 0. The van der Waals surface area contributed by atoms with Gasteiger partial charge in [-0.25, -0.2) is 0 Å². The summed E-state index contributed by atoms with van der Waals surface area (Å²) >= 11 is 0. The Morgan fingerprint density at radius 3 is 0.889 bits per heavy atom. The van der Waals surface area contributed by atoms with Gasteiger partial charge in [0.2, 0.25) is 0 Å². The Kier molecular flexibility index (Phi) is 42.9. The van der Waals surface area contributed by atoms with Gasteiger partial charge in [-0.05, 0) is 0 Å². The molecule has 0 rings (SSSR count). The molecule has 0 aliphatic heterocycles. The van der Waals surface area contributed by atoms with Crippen LogP contribution in [0.2, 0.25) is 0 Å². The maximum absolute atomic E-state index is 8.74. The van der Waals surface area contributed by atoms with Gasteiger partial charge in [0, 0.05) is 0 Å². The van der Waals surface area contributed by atoms with Crippen molar-refractivity contribution < 1.29 is 51.3 Å². The van der Waals surface area contributed by atoms with E-state index in [1.54, 1.807) is 0 Å². The molecule has 0 aliphatic carbocycles. The molecule has 0 amide bonds. The predicted molar refractivity (Wildman–Crippen MR) is 20.0 cm³/mol. The SMILES string of the molecule is O=S(=O)(O)O.[Cr+3].[OH-].[OH-].[OH-]. The molecule has 9 heavy (non-hydrogen) atoms. The molecule has 0 fully saturated rings. The summed E-state index contributed by atoms with van der Waals surface area (Å²) in [6.07, 6.45) is 0. The number of hydrogen-bond acceptors (Lipinski definition) is 5. The zero-order chi connectivity index (χ0) is 4.50. The summed E-state index contributed by atoms with van der Waals surface area (Å²) in [6, 6.07) is 0. The number of hydrogen-bond donors (Lipinski definition) is 2. The van der Waals surface area contributed by atoms with Crippen molar-refractivity contribution in [1.29, 1.82) is 0 Å². The summed E-state index contributed by atoms with van der Waals surface area (Å²) in [5.74, 6) is 0. The average molecular weight is 201 g/mol. The van der Waals surface area contributed by atoms with E-state index < -0.39 is 10.4 Å². The third kappa shape index (κ3) is 4100. The maximum Gasteiger partial charge on any atom is 3.00 e. The summed E-state index contributed by atoms with van der Waals surface area (Å²) in [5.41, 5.74) is 0. The summed E-state index contributed by atoms with van der Waals surface area (Å²) in [7, 11) is -4.67. The van der Waals surface area contributed by atoms with Crippen LogP contribution in [0.4, 0.5) is 0 Å². The Bertz CT molecular complexity index is 92.1. The van der Waals surface area contributed by atoms with Crippen LogP contribution in [0.3, 0.4) is 0 Å². The van der Waals surface area contributed by atoms with Gasteiger partial charge in [0.25, 0.3) is 0 Å². The molecule has 0 saturated heterocycles. The monoisotopic (exact) mass is 201 g/mol. The fourth-order valence-electron chi connectivity index (χ4n) is 0. The molecule has 0 aromatic carbocycles. The van der Waals surface area contributed by atoms with Crippen LogP contribution in [0.1, 0.15) is 0 Å². The van der Waals surface area contributed by atoms with E-state index >= 15 is 0 Å². The van der Waals surface area contributed by atoms with Crippen LogP contribution in [0.25, 0.3) is 0 Å². The van der Waals surface area contributed by atoms with Crippen molar-refractivity contribution in [3.63, 3.8) is 0 Å². The normalized spacial score (nSPS) is 6.44. The van der Waals surface area contributed by atoms with E-state index in [1.807, 2.05) is 0 Å². The molecule has 0 aromatic rings. The second-order valence-electron chi connectivity index (χ2n) is 0.448. The Hall–Kier alpha value is 0.282. The molecule has 0 heterocycles. The van der Waals surface area contributed by atoms with E-state index in [0.717, 1.165) is 0 Å². The van der Waals surface area contributed by atoms with Gasteiger partial charge < -0.3 is 16.4 Å². The van der Waals surface area contributed by atoms with E-state index in [0.29, 0.717) is 0 Å². The van der Waals surface area contributed by atoms with E-state index in [4.69, 9.17) is 17.5 Å². The second-order valence-corrected chi connectivity index (χ2v) is 1.34. The summed E-state index contributed by atoms with van der Waals surface area (Å²) < 4.78 is 31.6. The Balaban J connectivity index is -0.0000000133. The molecule has 1 radical (unpaired) electrons. The summed E-state index contributed by atoms with van der Waals surface area (Å²) in [6.45, 7) is 0. The molecular weight excluding hydrogens is 196 g/mol. The smallest absolute Gasteiger partial charge is 0.870 e. The topological polar surface area (TPSA) is 165 Å². The minimum atomic E-state index is -4.67. The summed E-state index contributed by atoms with van der Waals surface area (Å²) in [4.78, 5) is 0. The van der Waals surface area contributed by atoms with Crippen molar-refractivity contribution >= 4 is 10.4 Å². The molecule has 0 bridgehead atoms. The first-order valence-electron chi connectivity index (χ1n) is 0.698. The predicted octanol–water partition coefficient (Wildman–Crippen LogP) is -1.19. The molecule has 9 heteroatoms. The average Bonchev–Trinajstić information content (AvgIpc) is 0.722. The zero-order valence-electron chi connectivity index (χ0n) is 3.87. The minimum Gasteiger partial charge on any atom is -0.870 e. The van der Waals surface area contributed by atoms with Crippen LogP contribution in [0.5, 0.6) is 0 Å². The van der Waals surface area contributed by atoms with Crippen molar-refractivity contribution in [2.45, 2.75) is 0 Å². The number of rotatable bonds is 0. The van der Waals surface area contributed by atoms with Crippen LogP contribution in [0.15, 0.2) is 0 Å². The van der Waals surface area contributed by atoms with Crippen LogP contribution in [-0.2, 0) is 27.8 Å². The van der Waals surface area contributed by atoms with Crippen molar-refractivity contribution in [1.82, 2.24) is 0 Å². The molecule has 7 nitrogen and oxygen atoms in total. The van der Waals surface area contributed by atoms with Gasteiger partial charge in [-0.1, -0.05) is 0 Å². The molecule has 0 spiro atoms. The Morgan fingerprint density at radius 2 is 0.889 bits per heavy atom. The molecule has 0 unspecified atom stereocenters. The molecule has 5 N–H and O–H groups in total. The van der Waals surface area contributed by atoms with Crippen LogP contribution in [-0.4, -0.2) is 34.0 Å². The van der Waals surface area contributed by atoms with Crippen molar-refractivity contribution in [2.24, 2.45) is 0 Å². The fraction of sp³-hybridized carbons (Fsp3) is 0. The second kappa shape index (κ2) is 11.1. The quantitative estimate of drug-likeness (QED) is 0.465. The van der Waals surface area contributed by atoms with Gasteiger partial charge in [0.1, 0.15) is 0 Å². The van der Waals surface area contributed by atoms with Crippen molar-refractivity contribution in [3.8, 4) is 0 Å². The maximum atomic E-state index is 8.74. The van der Waals surface area contributed by atoms with Gasteiger partial charge in [-0.15, -0.1) is 0 Å².